The monoisotopic (exact) mass is 244 g/mol. The highest BCUT2D eigenvalue weighted by molar-refractivity contribution is 5.75. The first-order valence-corrected chi connectivity index (χ1v) is 6.58. The molecular weight excluding hydrogens is 224 g/mol. The van der Waals surface area contributed by atoms with E-state index in [0.717, 1.165) is 17.6 Å². The van der Waals surface area contributed by atoms with Crippen molar-refractivity contribution in [2.45, 2.75) is 24.9 Å². The second-order valence-electron chi connectivity index (χ2n) is 5.29. The molecule has 1 aliphatic heterocycles. The highest BCUT2D eigenvalue weighted by atomic mass is 15.1. The van der Waals surface area contributed by atoms with Gasteiger partial charge in [-0.05, 0) is 51.2 Å². The third-order valence-electron chi connectivity index (χ3n) is 3.82. The van der Waals surface area contributed by atoms with Gasteiger partial charge >= 0.3 is 0 Å². The molecule has 1 saturated heterocycles. The highest BCUT2D eigenvalue weighted by Gasteiger charge is 2.27. The standard InChI is InChI=1S/C14H20N4/c1-18(2)14(12-4-3-7-15-12)10-5-6-11-13(8-10)17-9-16-11/h5-6,8-9,12,14-15H,3-4,7H2,1-2H3,(H,16,17). The predicted molar refractivity (Wildman–Crippen MR) is 73.5 cm³/mol. The molecule has 0 spiro atoms. The van der Waals surface area contributed by atoms with Crippen molar-refractivity contribution in [3.63, 3.8) is 0 Å². The van der Waals surface area contributed by atoms with E-state index in [1.54, 1.807) is 6.33 Å². The van der Waals surface area contributed by atoms with Crippen molar-refractivity contribution in [2.75, 3.05) is 20.6 Å². The maximum Gasteiger partial charge on any atom is 0.0931 e. The van der Waals surface area contributed by atoms with Crippen molar-refractivity contribution >= 4 is 11.0 Å². The molecule has 3 rings (SSSR count). The van der Waals surface area contributed by atoms with Gasteiger partial charge in [0.05, 0.1) is 17.4 Å². The largest absolute Gasteiger partial charge is 0.345 e. The van der Waals surface area contributed by atoms with E-state index in [-0.39, 0.29) is 0 Å². The Morgan fingerprint density at radius 1 is 1.39 bits per heavy atom. The Hall–Kier alpha value is -1.39. The van der Waals surface area contributed by atoms with Crippen LogP contribution in [0.2, 0.25) is 0 Å². The molecule has 4 heteroatoms. The van der Waals surface area contributed by atoms with E-state index < -0.39 is 0 Å². The van der Waals surface area contributed by atoms with Crippen molar-refractivity contribution in [1.29, 1.82) is 0 Å². The van der Waals surface area contributed by atoms with Gasteiger partial charge in [-0.2, -0.15) is 0 Å². The van der Waals surface area contributed by atoms with Crippen molar-refractivity contribution < 1.29 is 0 Å². The zero-order valence-electron chi connectivity index (χ0n) is 11.0. The van der Waals surface area contributed by atoms with Crippen LogP contribution in [-0.4, -0.2) is 41.5 Å². The summed E-state index contributed by atoms with van der Waals surface area (Å²) in [5.74, 6) is 0. The van der Waals surface area contributed by atoms with Crippen LogP contribution in [-0.2, 0) is 0 Å². The van der Waals surface area contributed by atoms with Gasteiger partial charge < -0.3 is 15.2 Å². The second kappa shape index (κ2) is 4.71. The summed E-state index contributed by atoms with van der Waals surface area (Å²) in [5, 5.41) is 3.61. The topological polar surface area (TPSA) is 44.0 Å². The number of likely N-dealkylation sites (N-methyl/N-ethyl adjacent to an activating group) is 1. The molecule has 1 fully saturated rings. The number of aromatic nitrogens is 2. The molecule has 1 aromatic heterocycles. The van der Waals surface area contributed by atoms with Gasteiger partial charge in [-0.1, -0.05) is 6.07 Å². The summed E-state index contributed by atoms with van der Waals surface area (Å²) in [6.45, 7) is 1.14. The summed E-state index contributed by atoms with van der Waals surface area (Å²) in [6.07, 6.45) is 4.29. The molecule has 0 amide bonds. The Morgan fingerprint density at radius 2 is 2.28 bits per heavy atom. The number of nitrogens with zero attached hydrogens (tertiary/aromatic N) is 2. The van der Waals surface area contributed by atoms with Crippen molar-refractivity contribution in [3.05, 3.63) is 30.1 Å². The Labute approximate surface area is 107 Å². The molecule has 2 N–H and O–H groups in total. The number of nitrogens with one attached hydrogen (secondary N) is 2. The summed E-state index contributed by atoms with van der Waals surface area (Å²) in [5.41, 5.74) is 3.52. The Morgan fingerprint density at radius 3 is 3.00 bits per heavy atom. The van der Waals surface area contributed by atoms with Crippen molar-refractivity contribution in [3.8, 4) is 0 Å². The summed E-state index contributed by atoms with van der Waals surface area (Å²) in [4.78, 5) is 9.78. The maximum atomic E-state index is 4.28. The molecule has 96 valence electrons. The quantitative estimate of drug-likeness (QED) is 0.867. The van der Waals surface area contributed by atoms with Crippen LogP contribution < -0.4 is 5.32 Å². The van der Waals surface area contributed by atoms with Crippen LogP contribution in [0.4, 0.5) is 0 Å². The lowest BCUT2D eigenvalue weighted by molar-refractivity contribution is 0.244. The van der Waals surface area contributed by atoms with Crippen LogP contribution in [0.5, 0.6) is 0 Å². The van der Waals surface area contributed by atoms with E-state index in [2.05, 4.69) is 52.5 Å². The molecule has 0 bridgehead atoms. The number of hydrogen-bond donors (Lipinski definition) is 2. The van der Waals surface area contributed by atoms with Crippen molar-refractivity contribution in [2.24, 2.45) is 0 Å². The molecule has 4 nitrogen and oxygen atoms in total. The number of rotatable bonds is 3. The van der Waals surface area contributed by atoms with Crippen molar-refractivity contribution in [1.82, 2.24) is 20.2 Å². The van der Waals surface area contributed by atoms with E-state index in [9.17, 15) is 0 Å². The fourth-order valence-electron chi connectivity index (χ4n) is 3.01. The smallest absolute Gasteiger partial charge is 0.0931 e. The van der Waals surface area contributed by atoms with E-state index in [1.807, 2.05) is 0 Å². The summed E-state index contributed by atoms with van der Waals surface area (Å²) >= 11 is 0. The number of imidazole rings is 1. The second-order valence-corrected chi connectivity index (χ2v) is 5.29. The minimum absolute atomic E-state index is 0.431. The van der Waals surface area contributed by atoms with Gasteiger partial charge in [0.1, 0.15) is 0 Å². The normalized spacial score (nSPS) is 21.8. The van der Waals surface area contributed by atoms with E-state index in [4.69, 9.17) is 0 Å². The summed E-state index contributed by atoms with van der Waals surface area (Å²) < 4.78 is 0. The van der Waals surface area contributed by atoms with E-state index in [0.29, 0.717) is 12.1 Å². The average Bonchev–Trinajstić information content (AvgIpc) is 2.98. The van der Waals surface area contributed by atoms with Gasteiger partial charge in [0.25, 0.3) is 0 Å². The average molecular weight is 244 g/mol. The fourth-order valence-corrected chi connectivity index (χ4v) is 3.01. The van der Waals surface area contributed by atoms with Gasteiger partial charge in [0.15, 0.2) is 0 Å². The molecular formula is C14H20N4. The van der Waals surface area contributed by atoms with E-state index in [1.165, 1.54) is 18.4 Å². The molecule has 0 aliphatic carbocycles. The first-order valence-electron chi connectivity index (χ1n) is 6.58. The van der Waals surface area contributed by atoms with Gasteiger partial charge in [-0.15, -0.1) is 0 Å². The highest BCUT2D eigenvalue weighted by Crippen LogP contribution is 2.28. The minimum Gasteiger partial charge on any atom is -0.345 e. The molecule has 0 radical (unpaired) electrons. The zero-order valence-corrected chi connectivity index (χ0v) is 11.0. The third-order valence-corrected chi connectivity index (χ3v) is 3.82. The van der Waals surface area contributed by atoms with Gasteiger partial charge in [0.2, 0.25) is 0 Å². The van der Waals surface area contributed by atoms with Gasteiger partial charge in [0, 0.05) is 12.1 Å². The number of aromatic amines is 1. The lowest BCUT2D eigenvalue weighted by Gasteiger charge is -2.30. The van der Waals surface area contributed by atoms with Crippen LogP contribution in [0, 0.1) is 0 Å². The Kier molecular flexibility index (Phi) is 3.06. The number of benzene rings is 1. The lowest BCUT2D eigenvalue weighted by atomic mass is 9.96. The Bertz CT molecular complexity index is 525. The molecule has 2 aromatic rings. The maximum absolute atomic E-state index is 4.28. The zero-order chi connectivity index (χ0) is 12.5. The SMILES string of the molecule is CN(C)C(c1ccc2nc[nH]c2c1)C1CCCN1. The molecule has 2 atom stereocenters. The van der Waals surface area contributed by atoms with Crippen LogP contribution >= 0.6 is 0 Å². The number of H-pyrrole nitrogens is 1. The van der Waals surface area contributed by atoms with Crippen LogP contribution in [0.15, 0.2) is 24.5 Å². The predicted octanol–water partition coefficient (Wildman–Crippen LogP) is 1.92. The first kappa shape index (κ1) is 11.7. The molecule has 2 heterocycles. The summed E-state index contributed by atoms with van der Waals surface area (Å²) in [7, 11) is 4.31. The molecule has 0 saturated carbocycles. The third kappa shape index (κ3) is 2.02. The van der Waals surface area contributed by atoms with Crippen LogP contribution in [0.1, 0.15) is 24.4 Å². The van der Waals surface area contributed by atoms with Gasteiger partial charge in [-0.3, -0.25) is 0 Å². The summed E-state index contributed by atoms with van der Waals surface area (Å²) in [6, 6.07) is 7.52. The fraction of sp³-hybridized carbons (Fsp3) is 0.500. The lowest BCUT2D eigenvalue weighted by Crippen LogP contribution is -2.37. The first-order chi connectivity index (χ1) is 8.75. The van der Waals surface area contributed by atoms with Crippen LogP contribution in [0.3, 0.4) is 0 Å². The number of hydrogen-bond acceptors (Lipinski definition) is 3. The number of fused-ring (bicyclic) bond motifs is 1. The van der Waals surface area contributed by atoms with Crippen LogP contribution in [0.25, 0.3) is 11.0 Å². The van der Waals surface area contributed by atoms with E-state index >= 15 is 0 Å². The molecule has 1 aromatic carbocycles. The van der Waals surface area contributed by atoms with Gasteiger partial charge in [-0.25, -0.2) is 4.98 Å². The molecule has 1 aliphatic rings. The molecule has 2 unspecified atom stereocenters. The minimum atomic E-state index is 0.431. The molecule has 18 heavy (non-hydrogen) atoms. The Balaban J connectivity index is 1.97.